The van der Waals surface area contributed by atoms with Crippen LogP contribution >= 0.6 is 0 Å². The molecule has 0 saturated carbocycles. The predicted octanol–water partition coefficient (Wildman–Crippen LogP) is 4.27. The molecular weight excluding hydrogens is 370 g/mol. The van der Waals surface area contributed by atoms with E-state index < -0.39 is 11.9 Å². The first-order valence-corrected chi connectivity index (χ1v) is 9.10. The van der Waals surface area contributed by atoms with E-state index in [2.05, 4.69) is 6.58 Å². The quantitative estimate of drug-likeness (QED) is 0.370. The maximum absolute atomic E-state index is 12.7. The second-order valence-electron chi connectivity index (χ2n) is 6.48. The van der Waals surface area contributed by atoms with Crippen LogP contribution in [0.15, 0.2) is 67.3 Å². The number of nitrogens with two attached hydrogens (primary N) is 1. The average molecular weight is 391 g/mol. The van der Waals surface area contributed by atoms with Crippen molar-refractivity contribution in [2.24, 2.45) is 5.73 Å². The SMILES string of the molecule is C=CC(=O)Oc1ccc2cc(C(=O)Oc3ccc(O)cc3C(N)CC)ccc2c1. The summed E-state index contributed by atoms with van der Waals surface area (Å²) in [6.45, 7) is 5.27. The number of rotatable bonds is 6. The van der Waals surface area contributed by atoms with E-state index in [1.165, 1.54) is 18.2 Å². The molecule has 0 aliphatic rings. The number of esters is 2. The third-order valence-corrected chi connectivity index (χ3v) is 4.47. The van der Waals surface area contributed by atoms with Crippen LogP contribution in [0.4, 0.5) is 0 Å². The van der Waals surface area contributed by atoms with Gasteiger partial charge in [0, 0.05) is 17.7 Å². The molecule has 3 rings (SSSR count). The molecule has 0 heterocycles. The van der Waals surface area contributed by atoms with Crippen LogP contribution in [0, 0.1) is 0 Å². The molecule has 0 amide bonds. The summed E-state index contributed by atoms with van der Waals surface area (Å²) >= 11 is 0. The highest BCUT2D eigenvalue weighted by atomic mass is 16.5. The highest BCUT2D eigenvalue weighted by molar-refractivity contribution is 5.97. The van der Waals surface area contributed by atoms with Crippen LogP contribution < -0.4 is 15.2 Å². The third kappa shape index (κ3) is 4.62. The lowest BCUT2D eigenvalue weighted by Crippen LogP contribution is -2.14. The molecule has 148 valence electrons. The van der Waals surface area contributed by atoms with Crippen LogP contribution in [0.1, 0.15) is 35.3 Å². The van der Waals surface area contributed by atoms with Gasteiger partial charge in [-0.2, -0.15) is 0 Å². The lowest BCUT2D eigenvalue weighted by molar-refractivity contribution is -0.128. The van der Waals surface area contributed by atoms with Gasteiger partial charge in [0.25, 0.3) is 0 Å². The second kappa shape index (κ2) is 8.58. The van der Waals surface area contributed by atoms with Crippen LogP contribution in [0.5, 0.6) is 17.2 Å². The van der Waals surface area contributed by atoms with Gasteiger partial charge in [-0.1, -0.05) is 25.6 Å². The van der Waals surface area contributed by atoms with Gasteiger partial charge >= 0.3 is 11.9 Å². The monoisotopic (exact) mass is 391 g/mol. The molecule has 3 aromatic rings. The fourth-order valence-electron chi connectivity index (χ4n) is 2.87. The highest BCUT2D eigenvalue weighted by Crippen LogP contribution is 2.30. The molecule has 1 atom stereocenters. The Bertz CT molecular complexity index is 1090. The molecule has 29 heavy (non-hydrogen) atoms. The summed E-state index contributed by atoms with van der Waals surface area (Å²) in [4.78, 5) is 24.0. The van der Waals surface area contributed by atoms with Crippen molar-refractivity contribution in [3.8, 4) is 17.2 Å². The Kier molecular flexibility index (Phi) is 5.95. The Balaban J connectivity index is 1.85. The third-order valence-electron chi connectivity index (χ3n) is 4.47. The molecule has 0 aliphatic heterocycles. The topological polar surface area (TPSA) is 98.9 Å². The first-order valence-electron chi connectivity index (χ1n) is 9.10. The number of ether oxygens (including phenoxy) is 2. The van der Waals surface area contributed by atoms with E-state index in [4.69, 9.17) is 15.2 Å². The summed E-state index contributed by atoms with van der Waals surface area (Å²) in [6, 6.07) is 14.3. The number of fused-ring (bicyclic) bond motifs is 1. The summed E-state index contributed by atoms with van der Waals surface area (Å²) in [5, 5.41) is 11.3. The van der Waals surface area contributed by atoms with Crippen LogP contribution in [0.2, 0.25) is 0 Å². The Hall–Kier alpha value is -3.64. The summed E-state index contributed by atoms with van der Waals surface area (Å²) in [5.74, 6) is -0.319. The molecule has 0 fully saturated rings. The molecule has 0 aromatic heterocycles. The van der Waals surface area contributed by atoms with Crippen molar-refractivity contribution in [2.45, 2.75) is 19.4 Å². The van der Waals surface area contributed by atoms with Crippen molar-refractivity contribution in [1.29, 1.82) is 0 Å². The van der Waals surface area contributed by atoms with Gasteiger partial charge in [0.05, 0.1) is 5.56 Å². The first-order chi connectivity index (χ1) is 13.9. The van der Waals surface area contributed by atoms with E-state index in [0.29, 0.717) is 29.0 Å². The lowest BCUT2D eigenvalue weighted by atomic mass is 10.0. The minimum Gasteiger partial charge on any atom is -0.508 e. The number of aromatic hydroxyl groups is 1. The molecule has 0 spiro atoms. The number of carbonyl (C=O) groups is 2. The van der Waals surface area contributed by atoms with Crippen molar-refractivity contribution in [3.63, 3.8) is 0 Å². The van der Waals surface area contributed by atoms with Gasteiger partial charge in [0.2, 0.25) is 0 Å². The van der Waals surface area contributed by atoms with Gasteiger partial charge in [-0.25, -0.2) is 9.59 Å². The molecule has 0 aliphatic carbocycles. The van der Waals surface area contributed by atoms with Crippen molar-refractivity contribution < 1.29 is 24.2 Å². The van der Waals surface area contributed by atoms with Crippen LogP contribution in [0.3, 0.4) is 0 Å². The molecule has 6 nitrogen and oxygen atoms in total. The Morgan fingerprint density at radius 2 is 1.79 bits per heavy atom. The molecule has 6 heteroatoms. The number of phenols is 1. The lowest BCUT2D eigenvalue weighted by Gasteiger charge is -2.15. The fourth-order valence-corrected chi connectivity index (χ4v) is 2.87. The van der Waals surface area contributed by atoms with E-state index in [1.54, 1.807) is 36.4 Å². The zero-order valence-electron chi connectivity index (χ0n) is 15.9. The number of carbonyl (C=O) groups excluding carboxylic acids is 2. The summed E-state index contributed by atoms with van der Waals surface area (Å²) in [5.41, 5.74) is 6.99. The second-order valence-corrected chi connectivity index (χ2v) is 6.48. The van der Waals surface area contributed by atoms with E-state index in [-0.39, 0.29) is 11.8 Å². The van der Waals surface area contributed by atoms with Gasteiger partial charge in [0.15, 0.2) is 0 Å². The first kappa shape index (κ1) is 20.1. The van der Waals surface area contributed by atoms with E-state index in [9.17, 15) is 14.7 Å². The van der Waals surface area contributed by atoms with Gasteiger partial charge in [0.1, 0.15) is 17.2 Å². The minimum atomic E-state index is -0.542. The normalized spacial score (nSPS) is 11.7. The van der Waals surface area contributed by atoms with Gasteiger partial charge in [-0.15, -0.1) is 0 Å². The number of hydrogen-bond acceptors (Lipinski definition) is 6. The smallest absolute Gasteiger partial charge is 0.343 e. The maximum Gasteiger partial charge on any atom is 0.343 e. The van der Waals surface area contributed by atoms with Gasteiger partial charge in [-0.3, -0.25) is 0 Å². The number of hydrogen-bond donors (Lipinski definition) is 2. The molecule has 0 bridgehead atoms. The van der Waals surface area contributed by atoms with Crippen molar-refractivity contribution in [2.75, 3.05) is 0 Å². The van der Waals surface area contributed by atoms with Crippen LogP contribution in [0.25, 0.3) is 10.8 Å². The van der Waals surface area contributed by atoms with Gasteiger partial charge < -0.3 is 20.3 Å². The van der Waals surface area contributed by atoms with Crippen LogP contribution in [-0.4, -0.2) is 17.0 Å². The fraction of sp³-hybridized carbons (Fsp3) is 0.130. The van der Waals surface area contributed by atoms with E-state index in [1.807, 2.05) is 6.92 Å². The van der Waals surface area contributed by atoms with Gasteiger partial charge in [-0.05, 0) is 59.7 Å². The van der Waals surface area contributed by atoms with Crippen LogP contribution in [-0.2, 0) is 4.79 Å². The number of benzene rings is 3. The maximum atomic E-state index is 12.7. The summed E-state index contributed by atoms with van der Waals surface area (Å²) in [6.07, 6.45) is 1.72. The highest BCUT2D eigenvalue weighted by Gasteiger charge is 2.16. The zero-order valence-corrected chi connectivity index (χ0v) is 15.9. The van der Waals surface area contributed by atoms with Crippen molar-refractivity contribution >= 4 is 22.7 Å². The average Bonchev–Trinajstić information content (AvgIpc) is 2.73. The zero-order chi connectivity index (χ0) is 21.0. The largest absolute Gasteiger partial charge is 0.508 e. The summed E-state index contributed by atoms with van der Waals surface area (Å²) in [7, 11) is 0. The molecule has 1 unspecified atom stereocenters. The Labute approximate surface area is 168 Å². The molecule has 0 radical (unpaired) electrons. The molecular formula is C23H21NO5. The molecule has 3 aromatic carbocycles. The molecule has 3 N–H and O–H groups in total. The minimum absolute atomic E-state index is 0.0577. The Morgan fingerprint density at radius 1 is 1.07 bits per heavy atom. The van der Waals surface area contributed by atoms with Crippen molar-refractivity contribution in [3.05, 3.63) is 78.4 Å². The summed E-state index contributed by atoms with van der Waals surface area (Å²) < 4.78 is 10.6. The standard InChI is InChI=1S/C23H21NO5/c1-3-20(24)19-13-17(25)8-10-21(19)29-23(27)16-6-5-15-12-18(28-22(26)4-2)9-7-14(15)11-16/h4-13,20,25H,2-3,24H2,1H3. The van der Waals surface area contributed by atoms with Crippen molar-refractivity contribution in [1.82, 2.24) is 0 Å². The molecule has 0 saturated heterocycles. The predicted molar refractivity (Wildman–Crippen MR) is 110 cm³/mol. The van der Waals surface area contributed by atoms with E-state index in [0.717, 1.165) is 16.8 Å². The number of phenolic OH excluding ortho intramolecular Hbond substituents is 1. The Morgan fingerprint density at radius 3 is 2.52 bits per heavy atom. The van der Waals surface area contributed by atoms with E-state index >= 15 is 0 Å².